The monoisotopic (exact) mass is 367 g/mol. The largest absolute Gasteiger partial charge is 0.392 e. The van der Waals surface area contributed by atoms with Gasteiger partial charge in [0.15, 0.2) is 9.84 Å². The molecule has 5 heteroatoms. The van der Waals surface area contributed by atoms with Crippen molar-refractivity contribution in [1.29, 1.82) is 0 Å². The first-order valence-corrected chi connectivity index (χ1v) is 11.1. The summed E-state index contributed by atoms with van der Waals surface area (Å²) >= 11 is 0. The van der Waals surface area contributed by atoms with Gasteiger partial charge in [-0.05, 0) is 36.6 Å². The molecule has 0 saturated heterocycles. The van der Waals surface area contributed by atoms with Crippen LogP contribution in [-0.4, -0.2) is 39.5 Å². The van der Waals surface area contributed by atoms with Crippen LogP contribution in [0.1, 0.15) is 57.9 Å². The topological polar surface area (TPSA) is 57.6 Å². The molecule has 1 aromatic rings. The first-order chi connectivity index (χ1) is 11.8. The Morgan fingerprint density at radius 1 is 1.16 bits per heavy atom. The number of sulfone groups is 1. The van der Waals surface area contributed by atoms with Crippen molar-refractivity contribution < 1.29 is 13.5 Å². The van der Waals surface area contributed by atoms with Crippen LogP contribution in [0, 0.1) is 5.41 Å². The van der Waals surface area contributed by atoms with Crippen LogP contribution in [0.4, 0.5) is 5.69 Å². The Morgan fingerprint density at radius 3 is 2.28 bits per heavy atom. The molecule has 1 heterocycles. The first kappa shape index (κ1) is 20.2. The van der Waals surface area contributed by atoms with E-state index in [0.717, 1.165) is 49.8 Å². The molecule has 0 aromatic heterocycles. The van der Waals surface area contributed by atoms with Crippen LogP contribution in [0.25, 0.3) is 0 Å². The summed E-state index contributed by atoms with van der Waals surface area (Å²) in [5.74, 6) is 0.0650. The first-order valence-electron chi connectivity index (χ1n) is 9.47. The molecule has 25 heavy (non-hydrogen) atoms. The maximum absolute atomic E-state index is 13.1. The van der Waals surface area contributed by atoms with Gasteiger partial charge in [0.05, 0.1) is 16.8 Å². The summed E-state index contributed by atoms with van der Waals surface area (Å²) in [6.45, 7) is 4.23. The van der Waals surface area contributed by atoms with Gasteiger partial charge in [-0.3, -0.25) is 0 Å². The van der Waals surface area contributed by atoms with E-state index in [1.807, 2.05) is 31.1 Å². The fourth-order valence-corrected chi connectivity index (χ4v) is 6.15. The number of fused-ring (bicyclic) bond motifs is 1. The van der Waals surface area contributed by atoms with Crippen molar-refractivity contribution in [2.75, 3.05) is 24.7 Å². The number of hydrogen-bond acceptors (Lipinski definition) is 4. The standard InChI is InChI=1S/C20H33NO3S/c1-5-7-11-20(12-8-6-2)15-25(23,24)18-10-9-17(21(3)4)13-16(18)14-19(20)22/h9-10,13,19,22H,5-8,11-12,14-15H2,1-4H3/t19-/m1/s1. The van der Waals surface area contributed by atoms with Crippen LogP contribution in [0.5, 0.6) is 0 Å². The van der Waals surface area contributed by atoms with Crippen molar-refractivity contribution in [2.24, 2.45) is 5.41 Å². The van der Waals surface area contributed by atoms with Gasteiger partial charge in [-0.25, -0.2) is 8.42 Å². The smallest absolute Gasteiger partial charge is 0.179 e. The minimum atomic E-state index is -3.40. The van der Waals surface area contributed by atoms with Crippen molar-refractivity contribution in [3.05, 3.63) is 23.8 Å². The van der Waals surface area contributed by atoms with Crippen LogP contribution in [0.3, 0.4) is 0 Å². The molecule has 1 aliphatic heterocycles. The molecule has 0 bridgehead atoms. The highest BCUT2D eigenvalue weighted by atomic mass is 32.2. The van der Waals surface area contributed by atoms with Gasteiger partial charge < -0.3 is 10.0 Å². The third kappa shape index (κ3) is 4.37. The van der Waals surface area contributed by atoms with Crippen LogP contribution >= 0.6 is 0 Å². The molecule has 1 aliphatic rings. The lowest BCUT2D eigenvalue weighted by Crippen LogP contribution is -2.41. The Bertz CT molecular complexity index is 674. The quantitative estimate of drug-likeness (QED) is 0.796. The molecule has 1 N–H and O–H groups in total. The Balaban J connectivity index is 2.49. The molecule has 1 atom stereocenters. The molecule has 0 aliphatic carbocycles. The van der Waals surface area contributed by atoms with E-state index in [1.54, 1.807) is 6.07 Å². The number of aliphatic hydroxyl groups excluding tert-OH is 1. The van der Waals surface area contributed by atoms with Gasteiger partial charge in [-0.15, -0.1) is 0 Å². The van der Waals surface area contributed by atoms with Crippen molar-refractivity contribution in [3.8, 4) is 0 Å². The van der Waals surface area contributed by atoms with Gasteiger partial charge in [0.2, 0.25) is 0 Å². The average Bonchev–Trinajstić information content (AvgIpc) is 2.64. The van der Waals surface area contributed by atoms with E-state index in [4.69, 9.17) is 0 Å². The Morgan fingerprint density at radius 2 is 1.76 bits per heavy atom. The highest BCUT2D eigenvalue weighted by Gasteiger charge is 2.44. The summed E-state index contributed by atoms with van der Waals surface area (Å²) in [7, 11) is 0.480. The molecular weight excluding hydrogens is 334 g/mol. The molecule has 4 nitrogen and oxygen atoms in total. The predicted octanol–water partition coefficient (Wildman–Crippen LogP) is 3.81. The molecule has 0 radical (unpaired) electrons. The van der Waals surface area contributed by atoms with Crippen LogP contribution in [-0.2, 0) is 16.3 Å². The highest BCUT2D eigenvalue weighted by Crippen LogP contribution is 2.43. The predicted molar refractivity (Wildman–Crippen MR) is 104 cm³/mol. The Labute approximate surface area is 153 Å². The fourth-order valence-electron chi connectivity index (χ4n) is 3.94. The number of aliphatic hydroxyl groups is 1. The Kier molecular flexibility index (Phi) is 6.55. The zero-order valence-electron chi connectivity index (χ0n) is 16.1. The molecule has 0 unspecified atom stereocenters. The van der Waals surface area contributed by atoms with Crippen LogP contribution in [0.15, 0.2) is 23.1 Å². The van der Waals surface area contributed by atoms with Gasteiger partial charge in [-0.2, -0.15) is 0 Å². The Hall–Kier alpha value is -1.07. The van der Waals surface area contributed by atoms with E-state index in [9.17, 15) is 13.5 Å². The maximum atomic E-state index is 13.1. The molecule has 0 spiro atoms. The summed E-state index contributed by atoms with van der Waals surface area (Å²) in [5, 5.41) is 11.1. The molecule has 142 valence electrons. The highest BCUT2D eigenvalue weighted by molar-refractivity contribution is 7.91. The number of nitrogens with zero attached hydrogens (tertiary/aromatic N) is 1. The van der Waals surface area contributed by atoms with E-state index in [-0.39, 0.29) is 5.75 Å². The number of rotatable bonds is 7. The molecule has 0 saturated carbocycles. The van der Waals surface area contributed by atoms with Gasteiger partial charge in [-0.1, -0.05) is 39.5 Å². The van der Waals surface area contributed by atoms with E-state index in [2.05, 4.69) is 13.8 Å². The normalized spacial score (nSPS) is 21.4. The molecule has 1 aromatic carbocycles. The third-order valence-electron chi connectivity index (χ3n) is 5.55. The zero-order chi connectivity index (χ0) is 18.7. The van der Waals surface area contributed by atoms with Crippen molar-refractivity contribution in [2.45, 2.75) is 69.8 Å². The lowest BCUT2D eigenvalue weighted by molar-refractivity contribution is 0.0250. The number of unbranched alkanes of at least 4 members (excludes halogenated alkanes) is 2. The number of benzene rings is 1. The molecular formula is C20H33NO3S. The summed E-state index contributed by atoms with van der Waals surface area (Å²) < 4.78 is 26.3. The summed E-state index contributed by atoms with van der Waals surface area (Å²) in [5.41, 5.74) is 1.20. The van der Waals surface area contributed by atoms with Gasteiger partial charge in [0.25, 0.3) is 0 Å². The van der Waals surface area contributed by atoms with Crippen molar-refractivity contribution >= 4 is 15.5 Å². The van der Waals surface area contributed by atoms with E-state index >= 15 is 0 Å². The minimum Gasteiger partial charge on any atom is -0.392 e. The molecule has 0 amide bonds. The SMILES string of the molecule is CCCCC1(CCCC)CS(=O)(=O)c2ccc(N(C)C)cc2C[C@H]1O. The van der Waals surface area contributed by atoms with Crippen LogP contribution in [0.2, 0.25) is 0 Å². The summed E-state index contributed by atoms with van der Waals surface area (Å²) in [4.78, 5) is 2.37. The minimum absolute atomic E-state index is 0.0650. The van der Waals surface area contributed by atoms with Crippen LogP contribution < -0.4 is 4.90 Å². The van der Waals surface area contributed by atoms with Crippen molar-refractivity contribution in [1.82, 2.24) is 0 Å². The number of hydrogen-bond donors (Lipinski definition) is 1. The van der Waals surface area contributed by atoms with Gasteiger partial charge in [0, 0.05) is 31.6 Å². The molecule has 2 rings (SSSR count). The molecule has 0 fully saturated rings. The second-order valence-corrected chi connectivity index (χ2v) is 9.69. The van der Waals surface area contributed by atoms with Crippen molar-refractivity contribution in [3.63, 3.8) is 0 Å². The maximum Gasteiger partial charge on any atom is 0.179 e. The van der Waals surface area contributed by atoms with E-state index in [1.165, 1.54) is 0 Å². The average molecular weight is 368 g/mol. The van der Waals surface area contributed by atoms with Gasteiger partial charge in [0.1, 0.15) is 0 Å². The zero-order valence-corrected chi connectivity index (χ0v) is 16.9. The second-order valence-electron chi connectivity index (χ2n) is 7.73. The number of anilines is 1. The lowest BCUT2D eigenvalue weighted by Gasteiger charge is -2.36. The van der Waals surface area contributed by atoms with E-state index in [0.29, 0.717) is 11.3 Å². The second kappa shape index (κ2) is 8.09. The summed E-state index contributed by atoms with van der Waals surface area (Å²) in [6, 6.07) is 5.50. The third-order valence-corrected chi connectivity index (χ3v) is 7.57. The summed E-state index contributed by atoms with van der Waals surface area (Å²) in [6.07, 6.45) is 5.29. The van der Waals surface area contributed by atoms with Gasteiger partial charge >= 0.3 is 0 Å². The van der Waals surface area contributed by atoms with E-state index < -0.39 is 21.4 Å². The fraction of sp³-hybridized carbons (Fsp3) is 0.700. The lowest BCUT2D eigenvalue weighted by atomic mass is 9.73.